The van der Waals surface area contributed by atoms with E-state index in [-0.39, 0.29) is 6.42 Å². The van der Waals surface area contributed by atoms with Crippen molar-refractivity contribution in [1.29, 1.82) is 0 Å². The minimum atomic E-state index is -0.931. The fourth-order valence-electron chi connectivity index (χ4n) is 1.11. The monoisotopic (exact) mass is 247 g/mol. The summed E-state index contributed by atoms with van der Waals surface area (Å²) in [6.07, 6.45) is -0.124. The first-order valence-electron chi connectivity index (χ1n) is 3.74. The second kappa shape index (κ2) is 3.93. The Morgan fingerprint density at radius 2 is 2.46 bits per heavy atom. The molecule has 4 nitrogen and oxygen atoms in total. The van der Waals surface area contributed by atoms with Gasteiger partial charge in [-0.1, -0.05) is 0 Å². The predicted octanol–water partition coefficient (Wildman–Crippen LogP) is 1.83. The number of hydrogen-bond donors (Lipinski definition) is 2. The molecule has 0 aliphatic carbocycles. The van der Waals surface area contributed by atoms with Crippen LogP contribution < -0.4 is 5.73 Å². The number of carbonyl (C=O) groups is 1. The van der Waals surface area contributed by atoms with Crippen molar-refractivity contribution in [2.24, 2.45) is 5.73 Å². The lowest BCUT2D eigenvalue weighted by molar-refractivity contribution is -0.137. The summed E-state index contributed by atoms with van der Waals surface area (Å²) in [6.45, 7) is 1.82. The van der Waals surface area contributed by atoms with E-state index in [4.69, 9.17) is 15.3 Å². The average molecular weight is 248 g/mol. The molecule has 0 bridgehead atoms. The Bertz CT molecular complexity index is 321. The van der Waals surface area contributed by atoms with Crippen LogP contribution in [0.15, 0.2) is 15.2 Å². The predicted molar refractivity (Wildman–Crippen MR) is 50.3 cm³/mol. The van der Waals surface area contributed by atoms with E-state index in [1.54, 1.807) is 6.07 Å². The van der Waals surface area contributed by atoms with E-state index in [2.05, 4.69) is 15.9 Å². The zero-order valence-corrected chi connectivity index (χ0v) is 8.67. The molecular formula is C8H10BrNO3. The zero-order valence-electron chi connectivity index (χ0n) is 7.08. The normalized spacial score (nSPS) is 12.8. The average Bonchev–Trinajstić information content (AvgIpc) is 2.28. The molecule has 0 radical (unpaired) electrons. The van der Waals surface area contributed by atoms with Gasteiger partial charge in [0, 0.05) is 0 Å². The number of furan rings is 1. The molecule has 0 saturated heterocycles. The Balaban J connectivity index is 2.81. The first-order chi connectivity index (χ1) is 6.00. The van der Waals surface area contributed by atoms with E-state index >= 15 is 0 Å². The zero-order chi connectivity index (χ0) is 10.0. The van der Waals surface area contributed by atoms with Gasteiger partial charge in [0.1, 0.15) is 5.76 Å². The third-order valence-corrected chi connectivity index (χ3v) is 2.05. The van der Waals surface area contributed by atoms with Crippen molar-refractivity contribution in [3.05, 3.63) is 22.1 Å². The van der Waals surface area contributed by atoms with E-state index in [1.807, 2.05) is 6.92 Å². The third kappa shape index (κ3) is 2.57. The second-order valence-electron chi connectivity index (χ2n) is 2.80. The van der Waals surface area contributed by atoms with Crippen LogP contribution in [0.1, 0.15) is 23.8 Å². The first-order valence-corrected chi connectivity index (χ1v) is 4.53. The van der Waals surface area contributed by atoms with Crippen molar-refractivity contribution >= 4 is 21.9 Å². The smallest absolute Gasteiger partial charge is 0.305 e. The molecule has 1 aromatic heterocycles. The highest BCUT2D eigenvalue weighted by atomic mass is 79.9. The van der Waals surface area contributed by atoms with Crippen LogP contribution in [0.2, 0.25) is 0 Å². The Morgan fingerprint density at radius 1 is 1.85 bits per heavy atom. The molecule has 1 unspecified atom stereocenters. The molecule has 0 aliphatic heterocycles. The Hall–Kier alpha value is -0.810. The molecule has 1 aromatic rings. The van der Waals surface area contributed by atoms with Crippen molar-refractivity contribution in [2.45, 2.75) is 19.4 Å². The van der Waals surface area contributed by atoms with Crippen molar-refractivity contribution < 1.29 is 14.3 Å². The summed E-state index contributed by atoms with van der Waals surface area (Å²) in [7, 11) is 0. The molecule has 0 spiro atoms. The lowest BCUT2D eigenvalue weighted by Gasteiger charge is -2.05. The van der Waals surface area contributed by atoms with E-state index in [0.717, 1.165) is 5.56 Å². The number of hydrogen-bond acceptors (Lipinski definition) is 3. The first kappa shape index (κ1) is 10.3. The maximum absolute atomic E-state index is 10.4. The molecule has 5 heteroatoms. The number of carboxylic acids is 1. The summed E-state index contributed by atoms with van der Waals surface area (Å²) in [5.41, 5.74) is 6.48. The molecule has 72 valence electrons. The molecule has 0 aliphatic rings. The SMILES string of the molecule is Cc1cc(Br)oc1C(N)CC(=O)O. The molecule has 0 saturated carbocycles. The summed E-state index contributed by atoms with van der Waals surface area (Å²) in [5, 5.41) is 8.51. The molecule has 0 amide bonds. The maximum Gasteiger partial charge on any atom is 0.305 e. The number of aryl methyl sites for hydroxylation is 1. The van der Waals surface area contributed by atoms with Crippen LogP contribution in [0.5, 0.6) is 0 Å². The number of halogens is 1. The van der Waals surface area contributed by atoms with Crippen LogP contribution in [0.4, 0.5) is 0 Å². The van der Waals surface area contributed by atoms with E-state index < -0.39 is 12.0 Å². The van der Waals surface area contributed by atoms with Gasteiger partial charge in [-0.25, -0.2) is 0 Å². The Kier molecular flexibility index (Phi) is 3.11. The largest absolute Gasteiger partial charge is 0.481 e. The van der Waals surface area contributed by atoms with Crippen molar-refractivity contribution in [1.82, 2.24) is 0 Å². The molecule has 0 fully saturated rings. The highest BCUT2D eigenvalue weighted by Gasteiger charge is 2.17. The highest BCUT2D eigenvalue weighted by Crippen LogP contribution is 2.25. The van der Waals surface area contributed by atoms with Gasteiger partial charge in [-0.2, -0.15) is 0 Å². The van der Waals surface area contributed by atoms with Gasteiger partial charge in [-0.3, -0.25) is 4.79 Å². The molecule has 0 aromatic carbocycles. The fraction of sp³-hybridized carbons (Fsp3) is 0.375. The van der Waals surface area contributed by atoms with Crippen LogP contribution in [-0.4, -0.2) is 11.1 Å². The summed E-state index contributed by atoms with van der Waals surface area (Å²) >= 11 is 3.15. The lowest BCUT2D eigenvalue weighted by Crippen LogP contribution is -2.15. The number of aliphatic carboxylic acids is 1. The molecule has 3 N–H and O–H groups in total. The summed E-state index contributed by atoms with van der Waals surface area (Å²) in [6, 6.07) is 1.18. The van der Waals surface area contributed by atoms with Gasteiger partial charge >= 0.3 is 5.97 Å². The quantitative estimate of drug-likeness (QED) is 0.855. The van der Waals surface area contributed by atoms with E-state index in [0.29, 0.717) is 10.4 Å². The summed E-state index contributed by atoms with van der Waals surface area (Å²) in [5.74, 6) is -0.409. The molecule has 1 heterocycles. The van der Waals surface area contributed by atoms with Gasteiger partial charge < -0.3 is 15.3 Å². The lowest BCUT2D eigenvalue weighted by atomic mass is 10.1. The molecule has 1 atom stereocenters. The molecule has 13 heavy (non-hydrogen) atoms. The highest BCUT2D eigenvalue weighted by molar-refractivity contribution is 9.10. The standard InChI is InChI=1S/C8H10BrNO3/c1-4-2-6(9)13-8(4)5(10)3-7(11)12/h2,5H,3,10H2,1H3,(H,11,12). The van der Waals surface area contributed by atoms with Crippen molar-refractivity contribution in [3.63, 3.8) is 0 Å². The van der Waals surface area contributed by atoms with Gasteiger partial charge in [0.15, 0.2) is 4.67 Å². The topological polar surface area (TPSA) is 76.5 Å². The van der Waals surface area contributed by atoms with Crippen LogP contribution in [0, 0.1) is 6.92 Å². The Labute approximate surface area is 83.8 Å². The van der Waals surface area contributed by atoms with Crippen LogP contribution in [0.25, 0.3) is 0 Å². The Morgan fingerprint density at radius 3 is 2.85 bits per heavy atom. The molecular weight excluding hydrogens is 238 g/mol. The maximum atomic E-state index is 10.4. The molecule has 1 rings (SSSR count). The van der Waals surface area contributed by atoms with Gasteiger partial charge in [-0.05, 0) is 34.5 Å². The fourth-order valence-corrected chi connectivity index (χ4v) is 1.62. The summed E-state index contributed by atoms with van der Waals surface area (Å²) < 4.78 is 5.78. The number of nitrogens with two attached hydrogens (primary N) is 1. The minimum Gasteiger partial charge on any atom is -0.481 e. The van der Waals surface area contributed by atoms with Crippen LogP contribution in [-0.2, 0) is 4.79 Å². The second-order valence-corrected chi connectivity index (χ2v) is 3.58. The van der Waals surface area contributed by atoms with Crippen molar-refractivity contribution in [2.75, 3.05) is 0 Å². The number of rotatable bonds is 3. The van der Waals surface area contributed by atoms with Gasteiger partial charge in [-0.15, -0.1) is 0 Å². The van der Waals surface area contributed by atoms with Crippen LogP contribution in [0.3, 0.4) is 0 Å². The van der Waals surface area contributed by atoms with Crippen LogP contribution >= 0.6 is 15.9 Å². The third-order valence-electron chi connectivity index (χ3n) is 1.66. The number of carboxylic acid groups (broad SMARTS) is 1. The van der Waals surface area contributed by atoms with E-state index in [1.165, 1.54) is 0 Å². The van der Waals surface area contributed by atoms with E-state index in [9.17, 15) is 4.79 Å². The van der Waals surface area contributed by atoms with Crippen molar-refractivity contribution in [3.8, 4) is 0 Å². The van der Waals surface area contributed by atoms with Gasteiger partial charge in [0.05, 0.1) is 12.5 Å². The minimum absolute atomic E-state index is 0.124. The van der Waals surface area contributed by atoms with Gasteiger partial charge in [0.2, 0.25) is 0 Å². The summed E-state index contributed by atoms with van der Waals surface area (Å²) in [4.78, 5) is 10.4. The van der Waals surface area contributed by atoms with Gasteiger partial charge in [0.25, 0.3) is 0 Å².